The number of carbonyl (C=O) groups excluding carboxylic acids is 2. The van der Waals surface area contributed by atoms with Crippen LogP contribution in [0.3, 0.4) is 0 Å². The molecule has 3 N–H and O–H groups in total. The van der Waals surface area contributed by atoms with Crippen molar-refractivity contribution >= 4 is 50.7 Å². The molecule has 0 atom stereocenters. The molecule has 4 rings (SSSR count). The molecule has 4 aromatic heterocycles. The highest BCUT2D eigenvalue weighted by Crippen LogP contribution is 2.43. The molecule has 0 aliphatic carbocycles. The molecule has 0 saturated heterocycles. The molecule has 39 heavy (non-hydrogen) atoms. The molecule has 4 aromatic rings. The van der Waals surface area contributed by atoms with Gasteiger partial charge in [0.15, 0.2) is 5.69 Å². The van der Waals surface area contributed by atoms with Gasteiger partial charge in [-0.25, -0.2) is 13.8 Å². The highest BCUT2D eigenvalue weighted by atomic mass is 35.5. The monoisotopic (exact) mass is 589 g/mol. The van der Waals surface area contributed by atoms with Crippen molar-refractivity contribution in [2.75, 3.05) is 5.32 Å². The van der Waals surface area contributed by atoms with Crippen LogP contribution < -0.4 is 11.1 Å². The van der Waals surface area contributed by atoms with E-state index in [1.54, 1.807) is 11.6 Å². The number of alkyl halides is 5. The molecule has 4 heterocycles. The predicted octanol–water partition coefficient (Wildman–Crippen LogP) is 5.73. The average molecular weight is 590 g/mol. The number of primary amides is 1. The van der Waals surface area contributed by atoms with Crippen molar-refractivity contribution in [1.82, 2.24) is 24.5 Å². The number of nitrogens with one attached hydrogen (secondary N) is 1. The molecule has 208 valence electrons. The van der Waals surface area contributed by atoms with Crippen LogP contribution in [0.1, 0.15) is 52.2 Å². The third kappa shape index (κ3) is 5.32. The van der Waals surface area contributed by atoms with Gasteiger partial charge in [0.25, 0.3) is 12.3 Å². The number of rotatable bonds is 8. The van der Waals surface area contributed by atoms with Crippen LogP contribution in [0.25, 0.3) is 21.3 Å². The Kier molecular flexibility index (Phi) is 7.67. The second kappa shape index (κ2) is 10.5. The lowest BCUT2D eigenvalue weighted by Crippen LogP contribution is -2.19. The maximum absolute atomic E-state index is 13.7. The van der Waals surface area contributed by atoms with Crippen molar-refractivity contribution in [3.63, 3.8) is 0 Å². The van der Waals surface area contributed by atoms with Crippen LogP contribution in [-0.2, 0) is 24.1 Å². The van der Waals surface area contributed by atoms with Crippen molar-refractivity contribution in [2.45, 2.75) is 52.9 Å². The first kappa shape index (κ1) is 28.4. The van der Waals surface area contributed by atoms with Gasteiger partial charge >= 0.3 is 6.18 Å². The maximum Gasteiger partial charge on any atom is 0.436 e. The van der Waals surface area contributed by atoms with E-state index in [2.05, 4.69) is 20.5 Å². The number of fused-ring (bicyclic) bond motifs is 1. The number of anilines is 1. The Bertz CT molecular complexity index is 1590. The minimum Gasteiger partial charge on any atom is -0.365 e. The van der Waals surface area contributed by atoms with E-state index < -0.39 is 40.8 Å². The van der Waals surface area contributed by atoms with Crippen LogP contribution in [0.2, 0.25) is 5.02 Å². The fourth-order valence-electron chi connectivity index (χ4n) is 4.10. The highest BCUT2D eigenvalue weighted by Gasteiger charge is 2.38. The van der Waals surface area contributed by atoms with Gasteiger partial charge in [0.2, 0.25) is 5.91 Å². The zero-order chi connectivity index (χ0) is 28.8. The van der Waals surface area contributed by atoms with Gasteiger partial charge in [-0.1, -0.05) is 11.6 Å². The summed E-state index contributed by atoms with van der Waals surface area (Å²) in [5.74, 6) is -1.62. The summed E-state index contributed by atoms with van der Waals surface area (Å²) in [6.07, 6.45) is -6.56. The van der Waals surface area contributed by atoms with Gasteiger partial charge in [-0.2, -0.15) is 23.4 Å². The summed E-state index contributed by atoms with van der Waals surface area (Å²) in [6, 6.07) is 1.16. The van der Waals surface area contributed by atoms with Crippen LogP contribution in [-0.4, -0.2) is 36.4 Å². The third-order valence-electron chi connectivity index (χ3n) is 6.04. The number of hydrogen-bond donors (Lipinski definition) is 2. The standard InChI is InChI=1S/C23H21ClF5N7O2S/c1-4-35-9(2)12(8-31-35)11-7-13(20(25)26)32-22-15(11)17(18(39-22)21(30)38)33-14(37)5-6-36-10(3)16(24)19(34-36)23(27,28)29/h7-8,20H,4-6H2,1-3H3,(H2,30,38)(H,33,37). The van der Waals surface area contributed by atoms with E-state index in [1.807, 2.05) is 6.92 Å². The van der Waals surface area contributed by atoms with E-state index >= 15 is 0 Å². The average Bonchev–Trinajstić information content (AvgIpc) is 3.50. The number of aryl methyl sites for hydroxylation is 2. The lowest BCUT2D eigenvalue weighted by molar-refractivity contribution is -0.141. The summed E-state index contributed by atoms with van der Waals surface area (Å²) in [4.78, 5) is 29.1. The first-order valence-corrected chi connectivity index (χ1v) is 12.6. The quantitative estimate of drug-likeness (QED) is 0.254. The van der Waals surface area contributed by atoms with Crippen LogP contribution in [0.15, 0.2) is 12.3 Å². The molecular weight excluding hydrogens is 569 g/mol. The van der Waals surface area contributed by atoms with Crippen LogP contribution in [0.5, 0.6) is 0 Å². The van der Waals surface area contributed by atoms with Gasteiger partial charge in [-0.15, -0.1) is 11.3 Å². The third-order valence-corrected chi connectivity index (χ3v) is 7.59. The summed E-state index contributed by atoms with van der Waals surface area (Å²) < 4.78 is 69.4. The van der Waals surface area contributed by atoms with E-state index in [1.165, 1.54) is 13.1 Å². The Morgan fingerprint density at radius 3 is 2.41 bits per heavy atom. The van der Waals surface area contributed by atoms with E-state index in [-0.39, 0.29) is 45.0 Å². The number of nitrogens with zero attached hydrogens (tertiary/aromatic N) is 5. The predicted molar refractivity (Wildman–Crippen MR) is 135 cm³/mol. The SMILES string of the molecule is CCn1ncc(-c2cc(C(F)F)nc3sc(C(N)=O)c(NC(=O)CCn4nc(C(F)(F)F)c(Cl)c4C)c23)c1C. The Morgan fingerprint density at radius 1 is 1.18 bits per heavy atom. The minimum absolute atomic E-state index is 0.0185. The summed E-state index contributed by atoms with van der Waals surface area (Å²) in [5.41, 5.74) is 5.11. The van der Waals surface area contributed by atoms with Crippen LogP contribution in [0, 0.1) is 13.8 Å². The highest BCUT2D eigenvalue weighted by molar-refractivity contribution is 7.21. The number of hydrogen-bond acceptors (Lipinski definition) is 6. The van der Waals surface area contributed by atoms with Crippen molar-refractivity contribution in [2.24, 2.45) is 5.73 Å². The smallest absolute Gasteiger partial charge is 0.365 e. The van der Waals surface area contributed by atoms with Gasteiger partial charge in [-0.3, -0.25) is 19.0 Å². The number of thiophene rings is 1. The second-order valence-electron chi connectivity index (χ2n) is 8.47. The topological polar surface area (TPSA) is 121 Å². The van der Waals surface area contributed by atoms with Crippen LogP contribution >= 0.6 is 22.9 Å². The fraction of sp³-hybridized carbons (Fsp3) is 0.348. The molecule has 0 aliphatic heterocycles. The lowest BCUT2D eigenvalue weighted by Gasteiger charge is -2.11. The van der Waals surface area contributed by atoms with Crippen molar-refractivity contribution < 1.29 is 31.5 Å². The van der Waals surface area contributed by atoms with Gasteiger partial charge < -0.3 is 11.1 Å². The molecule has 0 bridgehead atoms. The summed E-state index contributed by atoms with van der Waals surface area (Å²) in [5, 5.41) is 9.93. The molecule has 0 radical (unpaired) electrons. The molecular formula is C23H21ClF5N7O2S. The summed E-state index contributed by atoms with van der Waals surface area (Å²) >= 11 is 6.50. The van der Waals surface area contributed by atoms with E-state index in [9.17, 15) is 31.5 Å². The lowest BCUT2D eigenvalue weighted by atomic mass is 10.0. The number of pyridine rings is 1. The molecule has 0 fully saturated rings. The number of aromatic nitrogens is 5. The van der Waals surface area contributed by atoms with Gasteiger partial charge in [0.1, 0.15) is 15.4 Å². The molecule has 16 heteroatoms. The van der Waals surface area contributed by atoms with Gasteiger partial charge in [0, 0.05) is 29.6 Å². The zero-order valence-electron chi connectivity index (χ0n) is 20.7. The molecule has 2 amide bonds. The van der Waals surface area contributed by atoms with Crippen LogP contribution in [0.4, 0.5) is 27.6 Å². The fourth-order valence-corrected chi connectivity index (χ4v) is 5.35. The Morgan fingerprint density at radius 2 is 1.87 bits per heavy atom. The Hall–Kier alpha value is -3.59. The molecule has 0 unspecified atom stereocenters. The first-order chi connectivity index (χ1) is 18.2. The largest absolute Gasteiger partial charge is 0.436 e. The van der Waals surface area contributed by atoms with E-state index in [4.69, 9.17) is 17.3 Å². The van der Waals surface area contributed by atoms with Gasteiger partial charge in [0.05, 0.1) is 29.1 Å². The minimum atomic E-state index is -4.77. The van der Waals surface area contributed by atoms with Crippen molar-refractivity contribution in [3.05, 3.63) is 44.9 Å². The molecule has 9 nitrogen and oxygen atoms in total. The Balaban J connectivity index is 1.76. The molecule has 0 spiro atoms. The van der Waals surface area contributed by atoms with Gasteiger partial charge in [-0.05, 0) is 32.4 Å². The number of carbonyl (C=O) groups is 2. The molecule has 0 aromatic carbocycles. The van der Waals surface area contributed by atoms with E-state index in [0.717, 1.165) is 22.1 Å². The number of nitrogens with two attached hydrogens (primary N) is 1. The normalized spacial score (nSPS) is 12.1. The zero-order valence-corrected chi connectivity index (χ0v) is 22.2. The summed E-state index contributed by atoms with van der Waals surface area (Å²) in [6.45, 7) is 5.17. The first-order valence-electron chi connectivity index (χ1n) is 11.4. The maximum atomic E-state index is 13.7. The van der Waals surface area contributed by atoms with Crippen molar-refractivity contribution in [3.8, 4) is 11.1 Å². The molecule has 0 saturated carbocycles. The molecule has 0 aliphatic rings. The summed E-state index contributed by atoms with van der Waals surface area (Å²) in [7, 11) is 0. The van der Waals surface area contributed by atoms with Crippen molar-refractivity contribution in [1.29, 1.82) is 0 Å². The second-order valence-corrected chi connectivity index (χ2v) is 9.85. The number of amides is 2. The van der Waals surface area contributed by atoms with E-state index in [0.29, 0.717) is 17.8 Å². The number of halogens is 6. The Labute approximate surface area is 226 Å².